The minimum absolute atomic E-state index is 0.0748. The molecule has 0 bridgehead atoms. The second-order valence-electron chi connectivity index (χ2n) is 7.85. The Kier molecular flexibility index (Phi) is 7.98. The SMILES string of the molecule is CC(C)Oc1ccc(CCNC(=O)Cn2nnnc2CN2CCCCCC2)cc1. The average Bonchev–Trinajstić information content (AvgIpc) is 2.95. The lowest BCUT2D eigenvalue weighted by atomic mass is 10.1. The van der Waals surface area contributed by atoms with Crippen molar-refractivity contribution in [3.63, 3.8) is 0 Å². The second-order valence-corrected chi connectivity index (χ2v) is 7.85. The highest BCUT2D eigenvalue weighted by Gasteiger charge is 2.15. The fraction of sp³-hybridized carbons (Fsp3) is 0.619. The van der Waals surface area contributed by atoms with E-state index in [2.05, 4.69) is 25.7 Å². The Morgan fingerprint density at radius 3 is 2.55 bits per heavy atom. The standard InChI is InChI=1S/C21H32N6O2/c1-17(2)29-19-9-7-18(8-10-19)11-12-22-21(28)16-27-20(23-24-25-27)15-26-13-5-3-4-6-14-26/h7-10,17H,3-6,11-16H2,1-2H3,(H,22,28). The number of benzene rings is 1. The number of tetrazole rings is 1. The molecule has 8 heteroatoms. The molecule has 1 amide bonds. The van der Waals surface area contributed by atoms with Crippen LogP contribution in [0.3, 0.4) is 0 Å². The molecule has 2 aromatic rings. The van der Waals surface area contributed by atoms with Gasteiger partial charge in [-0.2, -0.15) is 0 Å². The monoisotopic (exact) mass is 400 g/mol. The molecule has 0 atom stereocenters. The van der Waals surface area contributed by atoms with Gasteiger partial charge in [0.05, 0.1) is 12.6 Å². The van der Waals surface area contributed by atoms with E-state index in [9.17, 15) is 4.79 Å². The van der Waals surface area contributed by atoms with Crippen LogP contribution in [0.1, 0.15) is 50.9 Å². The summed E-state index contributed by atoms with van der Waals surface area (Å²) < 4.78 is 7.26. The molecule has 0 radical (unpaired) electrons. The van der Waals surface area contributed by atoms with Crippen molar-refractivity contribution in [1.29, 1.82) is 0 Å². The van der Waals surface area contributed by atoms with Crippen molar-refractivity contribution in [2.75, 3.05) is 19.6 Å². The first-order chi connectivity index (χ1) is 14.1. The van der Waals surface area contributed by atoms with Crippen molar-refractivity contribution >= 4 is 5.91 Å². The molecule has 1 aromatic carbocycles. The molecular formula is C21H32N6O2. The fourth-order valence-corrected chi connectivity index (χ4v) is 3.50. The van der Waals surface area contributed by atoms with Gasteiger partial charge >= 0.3 is 0 Å². The summed E-state index contributed by atoms with van der Waals surface area (Å²) in [7, 11) is 0. The van der Waals surface area contributed by atoms with Gasteiger partial charge in [0.2, 0.25) is 5.91 Å². The summed E-state index contributed by atoms with van der Waals surface area (Å²) in [4.78, 5) is 14.7. The number of nitrogens with one attached hydrogen (secondary N) is 1. The molecule has 0 unspecified atom stereocenters. The quantitative estimate of drug-likeness (QED) is 0.695. The number of ether oxygens (including phenoxy) is 1. The van der Waals surface area contributed by atoms with Crippen molar-refractivity contribution in [3.8, 4) is 5.75 Å². The van der Waals surface area contributed by atoms with E-state index in [0.717, 1.165) is 36.6 Å². The Morgan fingerprint density at radius 2 is 1.86 bits per heavy atom. The number of aromatic nitrogens is 4. The number of amides is 1. The number of hydrogen-bond donors (Lipinski definition) is 1. The van der Waals surface area contributed by atoms with Crippen LogP contribution in [0.15, 0.2) is 24.3 Å². The zero-order valence-corrected chi connectivity index (χ0v) is 17.5. The van der Waals surface area contributed by atoms with Crippen molar-refractivity contribution in [2.24, 2.45) is 0 Å². The molecule has 8 nitrogen and oxygen atoms in total. The lowest BCUT2D eigenvalue weighted by Gasteiger charge is -2.18. The van der Waals surface area contributed by atoms with Crippen LogP contribution in [0.25, 0.3) is 0 Å². The Bertz CT molecular complexity index is 751. The lowest BCUT2D eigenvalue weighted by Crippen LogP contribution is -2.32. The number of rotatable bonds is 9. The van der Waals surface area contributed by atoms with Crippen molar-refractivity contribution in [1.82, 2.24) is 30.4 Å². The minimum Gasteiger partial charge on any atom is -0.491 e. The van der Waals surface area contributed by atoms with E-state index in [4.69, 9.17) is 4.74 Å². The third-order valence-electron chi connectivity index (χ3n) is 4.99. The van der Waals surface area contributed by atoms with E-state index in [1.165, 1.54) is 25.7 Å². The summed E-state index contributed by atoms with van der Waals surface area (Å²) in [5, 5.41) is 14.8. The van der Waals surface area contributed by atoms with E-state index in [-0.39, 0.29) is 18.6 Å². The van der Waals surface area contributed by atoms with E-state index < -0.39 is 0 Å². The minimum atomic E-state index is -0.0748. The molecule has 1 aliphatic heterocycles. The van der Waals surface area contributed by atoms with Crippen LogP contribution < -0.4 is 10.1 Å². The Balaban J connectivity index is 1.42. The number of carbonyl (C=O) groups is 1. The van der Waals surface area contributed by atoms with Crippen LogP contribution in [0.5, 0.6) is 5.75 Å². The Labute approximate surface area is 172 Å². The number of nitrogens with zero attached hydrogens (tertiary/aromatic N) is 5. The normalized spacial score (nSPS) is 15.3. The van der Waals surface area contributed by atoms with Crippen LogP contribution in [-0.2, 0) is 24.3 Å². The lowest BCUT2D eigenvalue weighted by molar-refractivity contribution is -0.121. The molecule has 3 rings (SSSR count). The van der Waals surface area contributed by atoms with Crippen LogP contribution in [0.4, 0.5) is 0 Å². The second kappa shape index (κ2) is 10.9. The molecule has 1 N–H and O–H groups in total. The zero-order valence-electron chi connectivity index (χ0n) is 17.5. The first-order valence-corrected chi connectivity index (χ1v) is 10.6. The number of likely N-dealkylation sites (tertiary alicyclic amines) is 1. The van der Waals surface area contributed by atoms with Gasteiger partial charge in [-0.15, -0.1) is 5.10 Å². The van der Waals surface area contributed by atoms with Crippen LogP contribution in [-0.4, -0.2) is 56.8 Å². The highest BCUT2D eigenvalue weighted by Crippen LogP contribution is 2.14. The fourth-order valence-electron chi connectivity index (χ4n) is 3.50. The van der Waals surface area contributed by atoms with Gasteiger partial charge in [0.1, 0.15) is 12.3 Å². The van der Waals surface area contributed by atoms with Gasteiger partial charge in [0.15, 0.2) is 5.82 Å². The molecule has 1 aromatic heterocycles. The Hall–Kier alpha value is -2.48. The van der Waals surface area contributed by atoms with Gasteiger partial charge in [0, 0.05) is 6.54 Å². The number of carbonyl (C=O) groups excluding carboxylic acids is 1. The third kappa shape index (κ3) is 7.12. The highest BCUT2D eigenvalue weighted by atomic mass is 16.5. The van der Waals surface area contributed by atoms with Gasteiger partial charge < -0.3 is 10.1 Å². The van der Waals surface area contributed by atoms with E-state index in [0.29, 0.717) is 13.1 Å². The van der Waals surface area contributed by atoms with Crippen LogP contribution in [0, 0.1) is 0 Å². The molecule has 2 heterocycles. The van der Waals surface area contributed by atoms with Gasteiger partial charge in [-0.1, -0.05) is 25.0 Å². The average molecular weight is 401 g/mol. The Morgan fingerprint density at radius 1 is 1.14 bits per heavy atom. The largest absolute Gasteiger partial charge is 0.491 e. The van der Waals surface area contributed by atoms with E-state index in [1.54, 1.807) is 4.68 Å². The van der Waals surface area contributed by atoms with Gasteiger partial charge in [0.25, 0.3) is 0 Å². The molecule has 0 spiro atoms. The summed E-state index contributed by atoms with van der Waals surface area (Å²) in [5.74, 6) is 1.54. The van der Waals surface area contributed by atoms with Gasteiger partial charge in [-0.3, -0.25) is 9.69 Å². The molecule has 158 valence electrons. The third-order valence-corrected chi connectivity index (χ3v) is 4.99. The first kappa shape index (κ1) is 21.2. The highest BCUT2D eigenvalue weighted by molar-refractivity contribution is 5.75. The molecular weight excluding hydrogens is 368 g/mol. The number of hydrogen-bond acceptors (Lipinski definition) is 6. The predicted molar refractivity (Wildman–Crippen MR) is 110 cm³/mol. The maximum Gasteiger partial charge on any atom is 0.241 e. The van der Waals surface area contributed by atoms with Crippen LogP contribution in [0.2, 0.25) is 0 Å². The summed E-state index contributed by atoms with van der Waals surface area (Å²) >= 11 is 0. The molecule has 29 heavy (non-hydrogen) atoms. The van der Waals surface area contributed by atoms with Crippen LogP contribution >= 0.6 is 0 Å². The summed E-state index contributed by atoms with van der Waals surface area (Å²) in [6.07, 6.45) is 5.94. The van der Waals surface area contributed by atoms with Gasteiger partial charge in [-0.05, 0) is 74.3 Å². The summed E-state index contributed by atoms with van der Waals surface area (Å²) in [5.41, 5.74) is 1.16. The molecule has 1 fully saturated rings. The van der Waals surface area contributed by atoms with Crippen molar-refractivity contribution in [3.05, 3.63) is 35.7 Å². The van der Waals surface area contributed by atoms with Gasteiger partial charge in [-0.25, -0.2) is 4.68 Å². The van der Waals surface area contributed by atoms with E-state index >= 15 is 0 Å². The summed E-state index contributed by atoms with van der Waals surface area (Å²) in [6.45, 7) is 7.58. The molecule has 1 saturated heterocycles. The molecule has 0 aliphatic carbocycles. The smallest absolute Gasteiger partial charge is 0.241 e. The van der Waals surface area contributed by atoms with E-state index in [1.807, 2.05) is 38.1 Å². The topological polar surface area (TPSA) is 85.2 Å². The maximum absolute atomic E-state index is 12.3. The van der Waals surface area contributed by atoms with Crippen molar-refractivity contribution < 1.29 is 9.53 Å². The van der Waals surface area contributed by atoms with Crippen molar-refractivity contribution in [2.45, 2.75) is 65.1 Å². The zero-order chi connectivity index (χ0) is 20.5. The molecule has 0 saturated carbocycles. The predicted octanol–water partition coefficient (Wildman–Crippen LogP) is 2.20. The first-order valence-electron chi connectivity index (χ1n) is 10.6. The summed E-state index contributed by atoms with van der Waals surface area (Å²) in [6, 6.07) is 8.00. The maximum atomic E-state index is 12.3. The molecule has 1 aliphatic rings.